The molecule has 2 rings (SSSR count). The van der Waals surface area contributed by atoms with Gasteiger partial charge < -0.3 is 0 Å². The van der Waals surface area contributed by atoms with Crippen LogP contribution >= 0.6 is 11.3 Å². The highest BCUT2D eigenvalue weighted by atomic mass is 32.1. The molecule has 0 aliphatic rings. The van der Waals surface area contributed by atoms with Crippen LogP contribution in [0.15, 0.2) is 23.6 Å². The first-order chi connectivity index (χ1) is 7.70. The number of nitrogens with zero attached hydrogens (tertiary/aromatic N) is 1. The zero-order valence-electron chi connectivity index (χ0n) is 9.45. The first kappa shape index (κ1) is 11.3. The van der Waals surface area contributed by atoms with Crippen molar-refractivity contribution in [3.8, 4) is 11.3 Å². The van der Waals surface area contributed by atoms with Gasteiger partial charge in [0, 0.05) is 10.9 Å². The van der Waals surface area contributed by atoms with Crippen molar-refractivity contribution in [3.63, 3.8) is 0 Å². The van der Waals surface area contributed by atoms with E-state index < -0.39 is 0 Å². The Labute approximate surface area is 99.3 Å². The summed E-state index contributed by atoms with van der Waals surface area (Å²) in [5.41, 5.74) is 7.38. The van der Waals surface area contributed by atoms with Gasteiger partial charge in [0.25, 0.3) is 0 Å². The van der Waals surface area contributed by atoms with Crippen LogP contribution < -0.4 is 11.3 Å². The average Bonchev–Trinajstić information content (AvgIpc) is 2.71. The standard InChI is InChI=1S/C12H15N3S/c1-8-3-4-9(2)10(5-8)11-7-16-12(15-11)6-14-13/h3-5,7,14H,6,13H2,1-2H3. The van der Waals surface area contributed by atoms with E-state index in [-0.39, 0.29) is 0 Å². The minimum Gasteiger partial charge on any atom is -0.271 e. The number of hydrogen-bond acceptors (Lipinski definition) is 4. The van der Waals surface area contributed by atoms with Gasteiger partial charge in [0.15, 0.2) is 0 Å². The third-order valence-corrected chi connectivity index (χ3v) is 3.32. The van der Waals surface area contributed by atoms with Crippen LogP contribution in [0.2, 0.25) is 0 Å². The third-order valence-electron chi connectivity index (χ3n) is 2.47. The molecule has 4 heteroatoms. The Bertz CT molecular complexity index is 491. The molecule has 0 atom stereocenters. The molecule has 2 aromatic rings. The Morgan fingerprint density at radius 3 is 2.94 bits per heavy atom. The molecule has 0 saturated carbocycles. The number of rotatable bonds is 3. The van der Waals surface area contributed by atoms with Gasteiger partial charge in [-0.15, -0.1) is 11.3 Å². The first-order valence-electron chi connectivity index (χ1n) is 5.16. The molecule has 3 nitrogen and oxygen atoms in total. The first-order valence-corrected chi connectivity index (χ1v) is 6.04. The third kappa shape index (κ3) is 2.29. The van der Waals surface area contributed by atoms with Crippen LogP contribution in [-0.4, -0.2) is 4.98 Å². The van der Waals surface area contributed by atoms with Crippen molar-refractivity contribution >= 4 is 11.3 Å². The minimum atomic E-state index is 0.621. The van der Waals surface area contributed by atoms with Crippen LogP contribution in [0, 0.1) is 13.8 Å². The van der Waals surface area contributed by atoms with Crippen molar-refractivity contribution < 1.29 is 0 Å². The zero-order valence-corrected chi connectivity index (χ0v) is 10.3. The van der Waals surface area contributed by atoms with Crippen molar-refractivity contribution in [3.05, 3.63) is 39.7 Å². The molecule has 16 heavy (non-hydrogen) atoms. The fourth-order valence-corrected chi connectivity index (χ4v) is 2.36. The van der Waals surface area contributed by atoms with E-state index in [1.165, 1.54) is 16.7 Å². The highest BCUT2D eigenvalue weighted by molar-refractivity contribution is 7.09. The predicted molar refractivity (Wildman–Crippen MR) is 68.1 cm³/mol. The summed E-state index contributed by atoms with van der Waals surface area (Å²) >= 11 is 1.63. The van der Waals surface area contributed by atoms with Gasteiger partial charge in [-0.05, 0) is 25.5 Å². The molecule has 3 N–H and O–H groups in total. The summed E-state index contributed by atoms with van der Waals surface area (Å²) in [6, 6.07) is 6.42. The summed E-state index contributed by atoms with van der Waals surface area (Å²) in [6.07, 6.45) is 0. The molecule has 1 heterocycles. The van der Waals surface area contributed by atoms with Crippen molar-refractivity contribution in [2.75, 3.05) is 0 Å². The molecule has 1 aromatic heterocycles. The van der Waals surface area contributed by atoms with Crippen LogP contribution in [0.5, 0.6) is 0 Å². The molecule has 84 valence electrons. The number of nitrogens with two attached hydrogens (primary N) is 1. The second-order valence-electron chi connectivity index (χ2n) is 3.83. The molecule has 0 aliphatic carbocycles. The largest absolute Gasteiger partial charge is 0.271 e. The predicted octanol–water partition coefficient (Wildman–Crippen LogP) is 2.39. The summed E-state index contributed by atoms with van der Waals surface area (Å²) < 4.78 is 0. The summed E-state index contributed by atoms with van der Waals surface area (Å²) in [4.78, 5) is 4.55. The summed E-state index contributed by atoms with van der Waals surface area (Å²) in [5.74, 6) is 5.28. The van der Waals surface area contributed by atoms with E-state index in [1.54, 1.807) is 11.3 Å². The second-order valence-corrected chi connectivity index (χ2v) is 4.77. The summed E-state index contributed by atoms with van der Waals surface area (Å²) in [6.45, 7) is 4.82. The molecule has 0 radical (unpaired) electrons. The lowest BCUT2D eigenvalue weighted by molar-refractivity contribution is 0.737. The number of aryl methyl sites for hydroxylation is 2. The number of thiazole rings is 1. The Balaban J connectivity index is 2.38. The Morgan fingerprint density at radius 2 is 2.19 bits per heavy atom. The van der Waals surface area contributed by atoms with Crippen molar-refractivity contribution in [2.45, 2.75) is 20.4 Å². The van der Waals surface area contributed by atoms with Crippen LogP contribution in [-0.2, 0) is 6.54 Å². The lowest BCUT2D eigenvalue weighted by Gasteiger charge is -2.03. The van der Waals surface area contributed by atoms with E-state index in [4.69, 9.17) is 5.84 Å². The van der Waals surface area contributed by atoms with E-state index in [2.05, 4.69) is 47.8 Å². The zero-order chi connectivity index (χ0) is 11.5. The van der Waals surface area contributed by atoms with Crippen molar-refractivity contribution in [1.29, 1.82) is 0 Å². The topological polar surface area (TPSA) is 50.9 Å². The molecular weight excluding hydrogens is 218 g/mol. The lowest BCUT2D eigenvalue weighted by atomic mass is 10.0. The van der Waals surface area contributed by atoms with E-state index >= 15 is 0 Å². The van der Waals surface area contributed by atoms with E-state index in [1.807, 2.05) is 0 Å². The minimum absolute atomic E-state index is 0.621. The summed E-state index contributed by atoms with van der Waals surface area (Å²) in [5, 5.41) is 3.09. The second kappa shape index (κ2) is 4.74. The van der Waals surface area contributed by atoms with Gasteiger partial charge in [-0.2, -0.15) is 0 Å². The smallest absolute Gasteiger partial charge is 0.108 e. The van der Waals surface area contributed by atoms with Crippen LogP contribution in [0.25, 0.3) is 11.3 Å². The fourth-order valence-electron chi connectivity index (χ4n) is 1.61. The maximum absolute atomic E-state index is 5.28. The molecule has 0 fully saturated rings. The van der Waals surface area contributed by atoms with Gasteiger partial charge in [-0.25, -0.2) is 4.98 Å². The number of nitrogens with one attached hydrogen (secondary N) is 1. The van der Waals surface area contributed by atoms with Gasteiger partial charge in [0.05, 0.1) is 12.2 Å². The molecule has 0 amide bonds. The lowest BCUT2D eigenvalue weighted by Crippen LogP contribution is -2.20. The monoisotopic (exact) mass is 233 g/mol. The quantitative estimate of drug-likeness (QED) is 0.632. The summed E-state index contributed by atoms with van der Waals surface area (Å²) in [7, 11) is 0. The molecule has 0 saturated heterocycles. The van der Waals surface area contributed by atoms with Crippen molar-refractivity contribution in [1.82, 2.24) is 10.4 Å². The molecule has 0 unspecified atom stereocenters. The number of hydrazine groups is 1. The maximum atomic E-state index is 5.28. The maximum Gasteiger partial charge on any atom is 0.108 e. The average molecular weight is 233 g/mol. The number of benzene rings is 1. The Morgan fingerprint density at radius 1 is 1.38 bits per heavy atom. The molecule has 1 aromatic carbocycles. The van der Waals surface area contributed by atoms with E-state index in [9.17, 15) is 0 Å². The highest BCUT2D eigenvalue weighted by Gasteiger charge is 2.06. The van der Waals surface area contributed by atoms with Gasteiger partial charge in [0.1, 0.15) is 5.01 Å². The van der Waals surface area contributed by atoms with Gasteiger partial charge in [-0.3, -0.25) is 11.3 Å². The molecule has 0 spiro atoms. The number of hydrogen-bond donors (Lipinski definition) is 2. The SMILES string of the molecule is Cc1ccc(C)c(-c2csc(CNN)n2)c1. The normalized spacial score (nSPS) is 10.7. The van der Waals surface area contributed by atoms with E-state index in [0.717, 1.165) is 10.7 Å². The van der Waals surface area contributed by atoms with Crippen LogP contribution in [0.3, 0.4) is 0 Å². The van der Waals surface area contributed by atoms with Crippen molar-refractivity contribution in [2.24, 2.45) is 5.84 Å². The van der Waals surface area contributed by atoms with Crippen LogP contribution in [0.4, 0.5) is 0 Å². The van der Waals surface area contributed by atoms with Gasteiger partial charge >= 0.3 is 0 Å². The molecule has 0 aliphatic heterocycles. The van der Waals surface area contributed by atoms with Gasteiger partial charge in [-0.1, -0.05) is 17.7 Å². The Hall–Kier alpha value is -1.23. The molecule has 0 bridgehead atoms. The van der Waals surface area contributed by atoms with Crippen LogP contribution in [0.1, 0.15) is 16.1 Å². The Kier molecular flexibility index (Phi) is 3.33. The fraction of sp³-hybridized carbons (Fsp3) is 0.250. The number of aromatic nitrogens is 1. The molecular formula is C12H15N3S. The van der Waals surface area contributed by atoms with E-state index in [0.29, 0.717) is 6.54 Å². The highest BCUT2D eigenvalue weighted by Crippen LogP contribution is 2.25. The van der Waals surface area contributed by atoms with Gasteiger partial charge in [0.2, 0.25) is 0 Å².